The van der Waals surface area contributed by atoms with Crippen molar-refractivity contribution in [1.82, 2.24) is 19.5 Å². The lowest BCUT2D eigenvalue weighted by Gasteiger charge is -2.25. The van der Waals surface area contributed by atoms with Crippen LogP contribution in [-0.2, 0) is 4.74 Å². The smallest absolute Gasteiger partial charge is 0.167 e. The number of nitrogens with zero attached hydrogens (tertiary/aromatic N) is 4. The lowest BCUT2D eigenvalue weighted by atomic mass is 9.95. The highest BCUT2D eigenvalue weighted by molar-refractivity contribution is 5.81. The Balaban J connectivity index is 2.06. The van der Waals surface area contributed by atoms with E-state index in [1.165, 1.54) is 24.1 Å². The Kier molecular flexibility index (Phi) is 2.87. The van der Waals surface area contributed by atoms with Crippen LogP contribution in [-0.4, -0.2) is 59.3 Å². The first-order valence-electron chi connectivity index (χ1n) is 6.06. The van der Waals surface area contributed by atoms with Crippen LogP contribution >= 0.6 is 0 Å². The van der Waals surface area contributed by atoms with Gasteiger partial charge in [-0.3, -0.25) is 4.57 Å². The molecule has 1 fully saturated rings. The normalized spacial score (nSPS) is 33.9. The highest BCUT2D eigenvalue weighted by atomic mass is 16.6. The van der Waals surface area contributed by atoms with Gasteiger partial charge < -0.3 is 25.8 Å². The summed E-state index contributed by atoms with van der Waals surface area (Å²) in [7, 11) is 0. The Morgan fingerprint density at radius 1 is 1.45 bits per heavy atom. The van der Waals surface area contributed by atoms with Crippen LogP contribution < -0.4 is 5.73 Å². The highest BCUT2D eigenvalue weighted by Gasteiger charge is 2.52. The number of ether oxygens (including phenoxy) is 1. The molecule has 2 aromatic rings. The number of fused-ring (bicyclic) bond motifs is 1. The van der Waals surface area contributed by atoms with Crippen LogP contribution in [0.1, 0.15) is 13.2 Å². The molecule has 20 heavy (non-hydrogen) atoms. The summed E-state index contributed by atoms with van der Waals surface area (Å²) in [5.74, 6) is 0.215. The predicted molar refractivity (Wildman–Crippen MR) is 67.4 cm³/mol. The summed E-state index contributed by atoms with van der Waals surface area (Å²) in [5, 5.41) is 29.6. The molecule has 9 heteroatoms. The summed E-state index contributed by atoms with van der Waals surface area (Å²) in [6, 6.07) is 0. The molecule has 1 aliphatic rings. The predicted octanol–water partition coefficient (Wildman–Crippen LogP) is -1.59. The van der Waals surface area contributed by atoms with E-state index >= 15 is 0 Å². The number of nitrogens with two attached hydrogens (primary N) is 1. The summed E-state index contributed by atoms with van der Waals surface area (Å²) in [6.45, 7) is 0.991. The van der Waals surface area contributed by atoms with E-state index < -0.39 is 30.6 Å². The van der Waals surface area contributed by atoms with E-state index in [1.54, 1.807) is 0 Å². The maximum atomic E-state index is 10.2. The Morgan fingerprint density at radius 3 is 2.85 bits per heavy atom. The lowest BCUT2D eigenvalue weighted by molar-refractivity contribution is -0.0804. The first kappa shape index (κ1) is 13.2. The SMILES string of the molecule is C[C@]1(O)[C@@H](CO)O[C@@H](n2cnc3c(N)ncnc32)[C@@H]1O. The molecular weight excluding hydrogens is 266 g/mol. The van der Waals surface area contributed by atoms with Crippen LogP contribution in [0.25, 0.3) is 11.2 Å². The maximum absolute atomic E-state index is 10.2. The van der Waals surface area contributed by atoms with E-state index in [9.17, 15) is 15.3 Å². The molecular formula is C11H15N5O4. The number of hydrogen-bond acceptors (Lipinski definition) is 8. The van der Waals surface area contributed by atoms with Crippen LogP contribution in [0.15, 0.2) is 12.7 Å². The third-order valence-electron chi connectivity index (χ3n) is 3.65. The van der Waals surface area contributed by atoms with Gasteiger partial charge in [0.1, 0.15) is 29.7 Å². The Labute approximate surface area is 113 Å². The first-order chi connectivity index (χ1) is 9.46. The third-order valence-corrected chi connectivity index (χ3v) is 3.65. The fourth-order valence-electron chi connectivity index (χ4n) is 2.36. The number of nitrogen functional groups attached to an aromatic ring is 1. The van der Waals surface area contributed by atoms with Gasteiger partial charge in [-0.2, -0.15) is 0 Å². The molecule has 0 amide bonds. The van der Waals surface area contributed by atoms with Crippen LogP contribution in [0.4, 0.5) is 5.82 Å². The molecule has 0 saturated carbocycles. The standard InChI is InChI=1S/C11H15N5O4/c1-11(19)5(2-17)20-10(7(11)18)16-4-15-6-8(12)13-3-14-9(6)16/h3-5,7,10,17-19H,2H2,1H3,(H2,12,13,14)/t5-,7+,10-,11+/m1/s1. The van der Waals surface area contributed by atoms with Crippen LogP contribution in [0.2, 0.25) is 0 Å². The summed E-state index contributed by atoms with van der Waals surface area (Å²) in [6.07, 6.45) is -0.382. The second-order valence-electron chi connectivity index (χ2n) is 4.95. The summed E-state index contributed by atoms with van der Waals surface area (Å²) >= 11 is 0. The van der Waals surface area contributed by atoms with Gasteiger partial charge in [-0.05, 0) is 6.92 Å². The number of aliphatic hydroxyl groups excluding tert-OH is 2. The monoisotopic (exact) mass is 281 g/mol. The van der Waals surface area contributed by atoms with E-state index in [0.29, 0.717) is 11.2 Å². The van der Waals surface area contributed by atoms with Crippen LogP contribution in [0.3, 0.4) is 0 Å². The summed E-state index contributed by atoms with van der Waals surface area (Å²) in [5.41, 5.74) is 4.88. The molecule has 3 rings (SSSR count). The van der Waals surface area contributed by atoms with Crippen molar-refractivity contribution in [3.05, 3.63) is 12.7 Å². The van der Waals surface area contributed by atoms with Crippen molar-refractivity contribution < 1.29 is 20.1 Å². The number of rotatable bonds is 2. The fourth-order valence-corrected chi connectivity index (χ4v) is 2.36. The number of imidazole rings is 1. The topological polar surface area (TPSA) is 140 Å². The van der Waals surface area contributed by atoms with E-state index in [-0.39, 0.29) is 5.82 Å². The molecule has 0 spiro atoms. The Hall–Kier alpha value is -1.81. The van der Waals surface area contributed by atoms with Crippen molar-refractivity contribution in [3.8, 4) is 0 Å². The van der Waals surface area contributed by atoms with Crippen molar-refractivity contribution in [3.63, 3.8) is 0 Å². The van der Waals surface area contributed by atoms with Crippen LogP contribution in [0, 0.1) is 0 Å². The van der Waals surface area contributed by atoms with Crippen molar-refractivity contribution >= 4 is 17.0 Å². The zero-order chi connectivity index (χ0) is 14.5. The average Bonchev–Trinajstić information content (AvgIpc) is 2.92. The molecule has 108 valence electrons. The molecule has 0 radical (unpaired) electrons. The number of aliphatic hydroxyl groups is 3. The third kappa shape index (κ3) is 1.68. The van der Waals surface area contributed by atoms with Crippen molar-refractivity contribution in [2.45, 2.75) is 31.0 Å². The molecule has 1 saturated heterocycles. The molecule has 5 N–H and O–H groups in total. The van der Waals surface area contributed by atoms with Gasteiger partial charge in [0.15, 0.2) is 17.7 Å². The van der Waals surface area contributed by atoms with E-state index in [4.69, 9.17) is 10.5 Å². The highest BCUT2D eigenvalue weighted by Crippen LogP contribution is 2.37. The van der Waals surface area contributed by atoms with Gasteiger partial charge >= 0.3 is 0 Å². The van der Waals surface area contributed by atoms with Gasteiger partial charge in [0, 0.05) is 0 Å². The second kappa shape index (κ2) is 4.35. The lowest BCUT2D eigenvalue weighted by Crippen LogP contribution is -2.46. The van der Waals surface area contributed by atoms with E-state index in [0.717, 1.165) is 0 Å². The molecule has 9 nitrogen and oxygen atoms in total. The van der Waals surface area contributed by atoms with E-state index in [1.807, 2.05) is 0 Å². The Bertz CT molecular complexity index is 643. The zero-order valence-corrected chi connectivity index (χ0v) is 10.7. The minimum absolute atomic E-state index is 0.215. The number of hydrogen-bond donors (Lipinski definition) is 4. The zero-order valence-electron chi connectivity index (χ0n) is 10.7. The molecule has 1 aliphatic heterocycles. The van der Waals surface area contributed by atoms with Gasteiger partial charge in [0.25, 0.3) is 0 Å². The van der Waals surface area contributed by atoms with Gasteiger partial charge in [0.2, 0.25) is 0 Å². The summed E-state index contributed by atoms with van der Waals surface area (Å²) in [4.78, 5) is 12.0. The van der Waals surface area contributed by atoms with Gasteiger partial charge in [0.05, 0.1) is 12.9 Å². The second-order valence-corrected chi connectivity index (χ2v) is 4.95. The molecule has 0 bridgehead atoms. The van der Waals surface area contributed by atoms with Gasteiger partial charge in [-0.25, -0.2) is 15.0 Å². The molecule has 4 atom stereocenters. The van der Waals surface area contributed by atoms with Crippen molar-refractivity contribution in [2.24, 2.45) is 0 Å². The molecule has 0 aliphatic carbocycles. The molecule has 2 aromatic heterocycles. The largest absolute Gasteiger partial charge is 0.394 e. The maximum Gasteiger partial charge on any atom is 0.167 e. The summed E-state index contributed by atoms with van der Waals surface area (Å²) < 4.78 is 6.96. The van der Waals surface area contributed by atoms with Gasteiger partial charge in [-0.1, -0.05) is 0 Å². The molecule has 0 unspecified atom stereocenters. The quantitative estimate of drug-likeness (QED) is 0.516. The van der Waals surface area contributed by atoms with Crippen molar-refractivity contribution in [1.29, 1.82) is 0 Å². The van der Waals surface area contributed by atoms with Crippen molar-refractivity contribution in [2.75, 3.05) is 12.3 Å². The minimum atomic E-state index is -1.57. The van der Waals surface area contributed by atoms with E-state index in [2.05, 4.69) is 15.0 Å². The number of aromatic nitrogens is 4. The minimum Gasteiger partial charge on any atom is -0.394 e. The number of anilines is 1. The molecule has 3 heterocycles. The van der Waals surface area contributed by atoms with Gasteiger partial charge in [-0.15, -0.1) is 0 Å². The Morgan fingerprint density at radius 2 is 2.20 bits per heavy atom. The average molecular weight is 281 g/mol. The first-order valence-corrected chi connectivity index (χ1v) is 6.06. The van der Waals surface area contributed by atoms with Crippen LogP contribution in [0.5, 0.6) is 0 Å². The fraction of sp³-hybridized carbons (Fsp3) is 0.545. The molecule has 0 aromatic carbocycles.